The fourth-order valence-electron chi connectivity index (χ4n) is 2.17. The van der Waals surface area contributed by atoms with E-state index in [1.165, 1.54) is 38.8 Å². The van der Waals surface area contributed by atoms with Crippen LogP contribution >= 0.6 is 0 Å². The van der Waals surface area contributed by atoms with Crippen molar-refractivity contribution in [3.05, 3.63) is 0 Å². The average Bonchev–Trinajstić information content (AvgIpc) is 2.91. The van der Waals surface area contributed by atoms with Crippen molar-refractivity contribution in [2.75, 3.05) is 13.1 Å². The van der Waals surface area contributed by atoms with Gasteiger partial charge in [0.25, 0.3) is 0 Å². The third-order valence-corrected chi connectivity index (χ3v) is 3.86. The van der Waals surface area contributed by atoms with E-state index >= 15 is 0 Å². The van der Waals surface area contributed by atoms with Crippen LogP contribution in [0.2, 0.25) is 0 Å². The van der Waals surface area contributed by atoms with Crippen LogP contribution in [-0.2, 0) is 0 Å². The van der Waals surface area contributed by atoms with Crippen LogP contribution in [0.15, 0.2) is 0 Å². The Labute approximate surface area is 95.0 Å². The average molecular weight is 212 g/mol. The molecule has 0 amide bonds. The van der Waals surface area contributed by atoms with Gasteiger partial charge >= 0.3 is 0 Å². The van der Waals surface area contributed by atoms with E-state index in [4.69, 9.17) is 5.73 Å². The quantitative estimate of drug-likeness (QED) is 0.607. The van der Waals surface area contributed by atoms with Crippen molar-refractivity contribution in [2.45, 2.75) is 58.9 Å². The van der Waals surface area contributed by atoms with E-state index in [0.717, 1.165) is 12.3 Å². The zero-order valence-corrected chi connectivity index (χ0v) is 10.7. The first-order chi connectivity index (χ1) is 7.07. The molecule has 2 heteroatoms. The van der Waals surface area contributed by atoms with Gasteiger partial charge in [-0.05, 0) is 50.5 Å². The highest BCUT2D eigenvalue weighted by atomic mass is 14.9. The Kier molecular flexibility index (Phi) is 5.07. The minimum Gasteiger partial charge on any atom is -0.328 e. The summed E-state index contributed by atoms with van der Waals surface area (Å²) in [5.74, 6) is 0.842. The van der Waals surface area contributed by atoms with Gasteiger partial charge in [0.1, 0.15) is 0 Å². The summed E-state index contributed by atoms with van der Waals surface area (Å²) < 4.78 is 0. The van der Waals surface area contributed by atoms with Gasteiger partial charge in [-0.15, -0.1) is 0 Å². The lowest BCUT2D eigenvalue weighted by atomic mass is 9.92. The summed E-state index contributed by atoms with van der Waals surface area (Å²) in [6.07, 6.45) is 6.56. The predicted molar refractivity (Wildman–Crippen MR) is 66.9 cm³/mol. The van der Waals surface area contributed by atoms with Gasteiger partial charge in [0.05, 0.1) is 0 Å². The molecule has 1 aliphatic carbocycles. The van der Waals surface area contributed by atoms with Crippen LogP contribution in [-0.4, -0.2) is 19.1 Å². The summed E-state index contributed by atoms with van der Waals surface area (Å²) in [5, 5.41) is 3.60. The van der Waals surface area contributed by atoms with E-state index in [-0.39, 0.29) is 0 Å². The first-order valence-electron chi connectivity index (χ1n) is 6.53. The Morgan fingerprint density at radius 1 is 1.20 bits per heavy atom. The molecule has 3 N–H and O–H groups in total. The largest absolute Gasteiger partial charge is 0.328 e. The maximum absolute atomic E-state index is 5.71. The van der Waals surface area contributed by atoms with Gasteiger partial charge in [-0.2, -0.15) is 0 Å². The van der Waals surface area contributed by atoms with Crippen molar-refractivity contribution in [3.8, 4) is 0 Å². The maximum atomic E-state index is 5.71. The Hall–Kier alpha value is -0.0800. The fourth-order valence-corrected chi connectivity index (χ4v) is 2.17. The number of nitrogens with one attached hydrogen (secondary N) is 1. The SMILES string of the molecule is CC(N)CCCCNCC1(C(C)C)CC1. The molecule has 1 rings (SSSR count). The van der Waals surface area contributed by atoms with E-state index in [0.29, 0.717) is 11.5 Å². The predicted octanol–water partition coefficient (Wildman–Crippen LogP) is 2.53. The molecule has 0 aromatic carbocycles. The van der Waals surface area contributed by atoms with E-state index in [1.807, 2.05) is 0 Å². The van der Waals surface area contributed by atoms with Gasteiger partial charge in [-0.3, -0.25) is 0 Å². The number of hydrogen-bond acceptors (Lipinski definition) is 2. The minimum absolute atomic E-state index is 0.371. The van der Waals surface area contributed by atoms with Crippen molar-refractivity contribution in [1.29, 1.82) is 0 Å². The highest BCUT2D eigenvalue weighted by Gasteiger charge is 2.44. The molecule has 0 aliphatic heterocycles. The molecule has 1 unspecified atom stereocenters. The van der Waals surface area contributed by atoms with Gasteiger partial charge in [-0.25, -0.2) is 0 Å². The minimum atomic E-state index is 0.371. The zero-order valence-electron chi connectivity index (χ0n) is 10.7. The second-order valence-electron chi connectivity index (χ2n) is 5.67. The molecule has 0 radical (unpaired) electrons. The van der Waals surface area contributed by atoms with Crippen LogP contribution in [0.4, 0.5) is 0 Å². The van der Waals surface area contributed by atoms with Crippen LogP contribution < -0.4 is 11.1 Å². The second-order valence-corrected chi connectivity index (χ2v) is 5.67. The van der Waals surface area contributed by atoms with Crippen LogP contribution in [0.5, 0.6) is 0 Å². The van der Waals surface area contributed by atoms with Gasteiger partial charge in [0.2, 0.25) is 0 Å². The molecular weight excluding hydrogens is 184 g/mol. The van der Waals surface area contributed by atoms with Crippen LogP contribution in [0.25, 0.3) is 0 Å². The summed E-state index contributed by atoms with van der Waals surface area (Å²) in [6.45, 7) is 9.19. The van der Waals surface area contributed by atoms with Gasteiger partial charge in [0.15, 0.2) is 0 Å². The number of rotatable bonds is 8. The fraction of sp³-hybridized carbons (Fsp3) is 1.00. The molecule has 1 saturated carbocycles. The van der Waals surface area contributed by atoms with Gasteiger partial charge < -0.3 is 11.1 Å². The number of nitrogens with two attached hydrogens (primary N) is 1. The van der Waals surface area contributed by atoms with Crippen molar-refractivity contribution >= 4 is 0 Å². The highest BCUT2D eigenvalue weighted by Crippen LogP contribution is 2.51. The number of hydrogen-bond donors (Lipinski definition) is 2. The Bertz CT molecular complexity index is 171. The van der Waals surface area contributed by atoms with Crippen LogP contribution in [0.1, 0.15) is 52.9 Å². The van der Waals surface area contributed by atoms with Crippen LogP contribution in [0, 0.1) is 11.3 Å². The lowest BCUT2D eigenvalue weighted by molar-refractivity contribution is 0.337. The van der Waals surface area contributed by atoms with Crippen molar-refractivity contribution in [1.82, 2.24) is 5.32 Å². The van der Waals surface area contributed by atoms with E-state index in [9.17, 15) is 0 Å². The van der Waals surface area contributed by atoms with E-state index in [2.05, 4.69) is 26.1 Å². The molecule has 15 heavy (non-hydrogen) atoms. The molecule has 0 bridgehead atoms. The third-order valence-electron chi connectivity index (χ3n) is 3.86. The lowest BCUT2D eigenvalue weighted by Gasteiger charge is -2.20. The molecule has 90 valence electrons. The first kappa shape index (κ1) is 13.0. The molecule has 0 saturated heterocycles. The second kappa shape index (κ2) is 5.86. The van der Waals surface area contributed by atoms with Gasteiger partial charge in [-0.1, -0.05) is 20.3 Å². The van der Waals surface area contributed by atoms with E-state index < -0.39 is 0 Å². The molecule has 0 aromatic heterocycles. The molecule has 0 aromatic rings. The number of unbranched alkanes of at least 4 members (excludes halogenated alkanes) is 1. The summed E-state index contributed by atoms with van der Waals surface area (Å²) in [4.78, 5) is 0. The zero-order chi connectivity index (χ0) is 11.3. The Balaban J connectivity index is 1.93. The molecule has 1 atom stereocenters. The van der Waals surface area contributed by atoms with Gasteiger partial charge in [0, 0.05) is 12.6 Å². The summed E-state index contributed by atoms with van der Waals surface area (Å²) in [5.41, 5.74) is 6.36. The summed E-state index contributed by atoms with van der Waals surface area (Å²) >= 11 is 0. The molecular formula is C13H28N2. The summed E-state index contributed by atoms with van der Waals surface area (Å²) in [6, 6.07) is 0.371. The smallest absolute Gasteiger partial charge is 0.00104 e. The molecule has 1 aliphatic rings. The van der Waals surface area contributed by atoms with Crippen molar-refractivity contribution in [3.63, 3.8) is 0 Å². The monoisotopic (exact) mass is 212 g/mol. The molecule has 1 fully saturated rings. The van der Waals surface area contributed by atoms with Crippen molar-refractivity contribution < 1.29 is 0 Å². The Morgan fingerprint density at radius 3 is 2.33 bits per heavy atom. The normalized spacial score (nSPS) is 20.6. The molecule has 2 nitrogen and oxygen atoms in total. The Morgan fingerprint density at radius 2 is 1.87 bits per heavy atom. The first-order valence-corrected chi connectivity index (χ1v) is 6.53. The van der Waals surface area contributed by atoms with Crippen molar-refractivity contribution in [2.24, 2.45) is 17.1 Å². The van der Waals surface area contributed by atoms with E-state index in [1.54, 1.807) is 0 Å². The summed E-state index contributed by atoms with van der Waals surface area (Å²) in [7, 11) is 0. The molecule has 0 heterocycles. The topological polar surface area (TPSA) is 38.0 Å². The van der Waals surface area contributed by atoms with Crippen LogP contribution in [0.3, 0.4) is 0 Å². The maximum Gasteiger partial charge on any atom is 0.00104 e. The third kappa shape index (κ3) is 4.52. The molecule has 0 spiro atoms. The lowest BCUT2D eigenvalue weighted by Crippen LogP contribution is -2.28. The standard InChI is InChI=1S/C13H28N2/c1-11(2)13(7-8-13)10-15-9-5-4-6-12(3)14/h11-12,15H,4-10,14H2,1-3H3. The highest BCUT2D eigenvalue weighted by molar-refractivity contribution is 4.96.